The van der Waals surface area contributed by atoms with Crippen LogP contribution in [0, 0.1) is 0 Å². The van der Waals surface area contributed by atoms with Crippen LogP contribution in [0.15, 0.2) is 30.6 Å². The van der Waals surface area contributed by atoms with E-state index in [9.17, 15) is 19.9 Å². The first-order valence-corrected chi connectivity index (χ1v) is 14.3. The lowest BCUT2D eigenvalue weighted by atomic mass is 10.1. The molecule has 1 aromatic carbocycles. The van der Waals surface area contributed by atoms with Crippen LogP contribution in [0.3, 0.4) is 0 Å². The van der Waals surface area contributed by atoms with E-state index in [1.54, 1.807) is 13.8 Å². The van der Waals surface area contributed by atoms with Crippen molar-refractivity contribution in [1.82, 2.24) is 19.5 Å². The van der Waals surface area contributed by atoms with E-state index >= 15 is 0 Å². The molecule has 0 spiro atoms. The van der Waals surface area contributed by atoms with Gasteiger partial charge in [-0.2, -0.15) is 9.97 Å². The number of imidazole rings is 1. The van der Waals surface area contributed by atoms with Gasteiger partial charge in [0.1, 0.15) is 23.8 Å². The van der Waals surface area contributed by atoms with Crippen molar-refractivity contribution in [3.63, 3.8) is 0 Å². The summed E-state index contributed by atoms with van der Waals surface area (Å²) in [6.45, 7) is 4.37. The molecule has 4 atom stereocenters. The fourth-order valence-electron chi connectivity index (χ4n) is 4.33. The Morgan fingerprint density at radius 1 is 1.08 bits per heavy atom. The predicted molar refractivity (Wildman–Crippen MR) is 141 cm³/mol. The van der Waals surface area contributed by atoms with Crippen LogP contribution in [0.25, 0.3) is 11.2 Å². The lowest BCUT2D eigenvalue weighted by molar-refractivity contribution is -0.0511. The van der Waals surface area contributed by atoms with Crippen LogP contribution in [0.5, 0.6) is 0 Å². The highest BCUT2D eigenvalue weighted by Gasteiger charge is 2.44. The van der Waals surface area contributed by atoms with E-state index in [4.69, 9.17) is 19.5 Å². The quantitative estimate of drug-likeness (QED) is 0.193. The summed E-state index contributed by atoms with van der Waals surface area (Å²) < 4.78 is 30.4. The Labute approximate surface area is 220 Å². The van der Waals surface area contributed by atoms with Crippen molar-refractivity contribution in [2.45, 2.75) is 51.2 Å². The lowest BCUT2D eigenvalue weighted by Crippen LogP contribution is -2.33. The van der Waals surface area contributed by atoms with Gasteiger partial charge in [-0.1, -0.05) is 24.3 Å². The number of aromatic nitrogens is 4. The molecule has 2 aromatic heterocycles. The molecule has 208 valence electrons. The second kappa shape index (κ2) is 12.5. The smallest absolute Gasteiger partial charge is 0.330 e. The monoisotopic (exact) mass is 550 g/mol. The summed E-state index contributed by atoms with van der Waals surface area (Å²) in [6.07, 6.45) is -1.41. The summed E-state index contributed by atoms with van der Waals surface area (Å²) in [5.41, 5.74) is 8.88. The first-order valence-electron chi connectivity index (χ1n) is 12.6. The summed E-state index contributed by atoms with van der Waals surface area (Å²) in [7, 11) is -3.07. The maximum absolute atomic E-state index is 12.7. The number of aryl methyl sites for hydroxylation is 1. The average Bonchev–Trinajstić information content (AvgIpc) is 3.44. The molecule has 1 aliphatic heterocycles. The number of aliphatic hydroxyl groups is 3. The topological polar surface area (TPSA) is 187 Å². The molecule has 0 saturated carbocycles. The Balaban J connectivity index is 1.37. The zero-order valence-electron chi connectivity index (χ0n) is 21.4. The first-order chi connectivity index (χ1) is 18.3. The Hall–Kier alpha value is -2.64. The molecule has 13 nitrogen and oxygen atoms in total. The van der Waals surface area contributed by atoms with Crippen LogP contribution in [-0.2, 0) is 31.2 Å². The third-order valence-corrected chi connectivity index (χ3v) is 8.36. The van der Waals surface area contributed by atoms with Gasteiger partial charge in [0.05, 0.1) is 32.3 Å². The normalized spacial score (nSPS) is 21.8. The largest absolute Gasteiger partial charge is 0.394 e. The number of fused-ring (bicyclic) bond motifs is 1. The molecule has 1 fully saturated rings. The molecule has 1 aliphatic rings. The standard InChI is InChI=1S/C24H35N6O7P/c1-3-35-38(34,36-4-2)12-10-16-7-5-15(6-8-16)9-11-26-24-28-21(25)18-22(29-24)30(14-27-18)23-20(33)19(32)17(13-31)37-23/h5-8,14,17,19-20,23,31-33H,3-4,9-13H2,1-2H3,(H3,25,26,28,29)/t17-,19-,20-,23-/m1/s1. The molecule has 38 heavy (non-hydrogen) atoms. The van der Waals surface area contributed by atoms with Crippen molar-refractivity contribution in [3.05, 3.63) is 41.7 Å². The third kappa shape index (κ3) is 6.32. The molecule has 14 heteroatoms. The number of ether oxygens (including phenoxy) is 1. The van der Waals surface area contributed by atoms with Gasteiger partial charge in [0.25, 0.3) is 0 Å². The number of hydrogen-bond acceptors (Lipinski definition) is 12. The van der Waals surface area contributed by atoms with Gasteiger partial charge < -0.3 is 40.2 Å². The summed E-state index contributed by atoms with van der Waals surface area (Å²) in [4.78, 5) is 13.0. The number of nitrogens with zero attached hydrogens (tertiary/aromatic N) is 4. The van der Waals surface area contributed by atoms with E-state index in [1.807, 2.05) is 24.3 Å². The van der Waals surface area contributed by atoms with E-state index in [1.165, 1.54) is 10.9 Å². The number of nitrogens with one attached hydrogen (secondary N) is 1. The maximum Gasteiger partial charge on any atom is 0.330 e. The number of nitrogens with two attached hydrogens (primary N) is 1. The van der Waals surface area contributed by atoms with Gasteiger partial charge in [-0.25, -0.2) is 4.98 Å². The van der Waals surface area contributed by atoms with Crippen molar-refractivity contribution in [2.75, 3.05) is 43.6 Å². The molecule has 4 rings (SSSR count). The van der Waals surface area contributed by atoms with Crippen LogP contribution < -0.4 is 11.1 Å². The van der Waals surface area contributed by atoms with Gasteiger partial charge in [0.15, 0.2) is 17.7 Å². The highest BCUT2D eigenvalue weighted by atomic mass is 31.2. The molecule has 0 amide bonds. The highest BCUT2D eigenvalue weighted by molar-refractivity contribution is 7.53. The lowest BCUT2D eigenvalue weighted by Gasteiger charge is -2.17. The predicted octanol–water partition coefficient (Wildman–Crippen LogP) is 1.48. The fraction of sp³-hybridized carbons (Fsp3) is 0.542. The number of nitrogen functional groups attached to an aromatic ring is 1. The van der Waals surface area contributed by atoms with Crippen LogP contribution in [0.1, 0.15) is 31.2 Å². The summed E-state index contributed by atoms with van der Waals surface area (Å²) >= 11 is 0. The summed E-state index contributed by atoms with van der Waals surface area (Å²) in [6, 6.07) is 8.02. The van der Waals surface area contributed by atoms with Crippen LogP contribution in [-0.4, -0.2) is 85.7 Å². The van der Waals surface area contributed by atoms with Crippen LogP contribution in [0.4, 0.5) is 11.8 Å². The minimum atomic E-state index is -3.07. The number of rotatable bonds is 13. The Morgan fingerprint density at radius 2 is 1.74 bits per heavy atom. The van der Waals surface area contributed by atoms with Crippen molar-refractivity contribution in [2.24, 2.45) is 0 Å². The van der Waals surface area contributed by atoms with Crippen LogP contribution in [0.2, 0.25) is 0 Å². The minimum absolute atomic E-state index is 0.156. The third-order valence-electron chi connectivity index (χ3n) is 6.29. The van der Waals surface area contributed by atoms with Gasteiger partial charge in [0, 0.05) is 6.54 Å². The molecule has 3 heterocycles. The number of benzene rings is 1. The van der Waals surface area contributed by atoms with Gasteiger partial charge in [-0.15, -0.1) is 0 Å². The fourth-order valence-corrected chi connectivity index (χ4v) is 5.98. The zero-order valence-corrected chi connectivity index (χ0v) is 22.3. The van der Waals surface area contributed by atoms with Crippen molar-refractivity contribution in [3.8, 4) is 0 Å². The molecule has 3 aromatic rings. The van der Waals surface area contributed by atoms with E-state index in [-0.39, 0.29) is 11.8 Å². The maximum atomic E-state index is 12.7. The van der Waals surface area contributed by atoms with Gasteiger partial charge in [0.2, 0.25) is 5.95 Å². The molecule has 0 bridgehead atoms. The number of hydrogen-bond donors (Lipinski definition) is 5. The molecular formula is C24H35N6O7P. The van der Waals surface area contributed by atoms with Gasteiger partial charge in [-0.3, -0.25) is 9.13 Å². The average molecular weight is 551 g/mol. The number of aliphatic hydroxyl groups excluding tert-OH is 3. The second-order valence-electron chi connectivity index (χ2n) is 8.90. The molecule has 6 N–H and O–H groups in total. The highest BCUT2D eigenvalue weighted by Crippen LogP contribution is 2.48. The summed E-state index contributed by atoms with van der Waals surface area (Å²) in [5, 5.41) is 33.0. The Kier molecular flexibility index (Phi) is 9.32. The van der Waals surface area contributed by atoms with Crippen molar-refractivity contribution in [1.29, 1.82) is 0 Å². The van der Waals surface area contributed by atoms with Crippen molar-refractivity contribution < 1.29 is 33.7 Å². The molecular weight excluding hydrogens is 515 g/mol. The van der Waals surface area contributed by atoms with Crippen LogP contribution >= 0.6 is 7.60 Å². The Morgan fingerprint density at radius 3 is 2.34 bits per heavy atom. The SMILES string of the molecule is CCOP(=O)(CCc1ccc(CCNc2nc(N)c3ncn([C@@H]4O[C@H](CO)[C@@H](O)[C@H]4O)c3n2)cc1)OCC. The molecule has 1 saturated heterocycles. The molecule has 0 aliphatic carbocycles. The van der Waals surface area contributed by atoms with E-state index < -0.39 is 38.7 Å². The minimum Gasteiger partial charge on any atom is -0.394 e. The van der Waals surface area contributed by atoms with Gasteiger partial charge in [-0.05, 0) is 37.8 Å². The molecule has 0 unspecified atom stereocenters. The Bertz CT molecular complexity index is 1250. The zero-order chi connectivity index (χ0) is 27.3. The number of anilines is 2. The summed E-state index contributed by atoms with van der Waals surface area (Å²) in [5.74, 6) is 0.437. The molecule has 0 radical (unpaired) electrons. The van der Waals surface area contributed by atoms with E-state index in [0.29, 0.717) is 49.9 Å². The van der Waals surface area contributed by atoms with Gasteiger partial charge >= 0.3 is 7.60 Å². The second-order valence-corrected chi connectivity index (χ2v) is 11.1. The first kappa shape index (κ1) is 28.4. The van der Waals surface area contributed by atoms with E-state index in [0.717, 1.165) is 11.1 Å². The van der Waals surface area contributed by atoms with Crippen molar-refractivity contribution >= 4 is 30.5 Å². The van der Waals surface area contributed by atoms with E-state index in [2.05, 4.69) is 20.3 Å².